The van der Waals surface area contributed by atoms with Gasteiger partial charge in [-0.25, -0.2) is 0 Å². The molecule has 1 amide bonds. The number of carbonyl (C=O) groups is 2. The molecule has 0 saturated carbocycles. The van der Waals surface area contributed by atoms with Crippen LogP contribution in [0.15, 0.2) is 24.3 Å². The second-order valence-corrected chi connectivity index (χ2v) is 10.9. The van der Waals surface area contributed by atoms with Crippen molar-refractivity contribution in [2.75, 3.05) is 32.8 Å². The molecule has 3 saturated heterocycles. The Balaban J connectivity index is 1.36. The van der Waals surface area contributed by atoms with Crippen LogP contribution in [0.25, 0.3) is 0 Å². The number of piperidine rings is 1. The van der Waals surface area contributed by atoms with E-state index >= 15 is 0 Å². The summed E-state index contributed by atoms with van der Waals surface area (Å²) in [6, 6.07) is 7.95. The largest absolute Gasteiger partial charge is 0.487 e. The summed E-state index contributed by atoms with van der Waals surface area (Å²) in [4.78, 5) is 29.4. The molecule has 1 spiro atoms. The maximum atomic E-state index is 13.4. The van der Waals surface area contributed by atoms with Gasteiger partial charge in [0.25, 0.3) is 0 Å². The number of nitrogens with zero attached hydrogens (tertiary/aromatic N) is 2. The molecule has 3 fully saturated rings. The van der Waals surface area contributed by atoms with Crippen molar-refractivity contribution in [3.63, 3.8) is 0 Å². The summed E-state index contributed by atoms with van der Waals surface area (Å²) < 4.78 is 13.1. The first-order chi connectivity index (χ1) is 16.4. The molecule has 0 bridgehead atoms. The van der Waals surface area contributed by atoms with Gasteiger partial charge < -0.3 is 24.4 Å². The molecule has 0 unspecified atom stereocenters. The number of para-hydroxylation sites is 1. The van der Waals surface area contributed by atoms with Gasteiger partial charge in [0, 0.05) is 37.4 Å². The Morgan fingerprint density at radius 1 is 1.09 bits per heavy atom. The van der Waals surface area contributed by atoms with Gasteiger partial charge in [0.05, 0.1) is 18.2 Å². The van der Waals surface area contributed by atoms with Crippen molar-refractivity contribution in [1.29, 1.82) is 0 Å². The van der Waals surface area contributed by atoms with Gasteiger partial charge in [0.15, 0.2) is 0 Å². The van der Waals surface area contributed by atoms with E-state index in [9.17, 15) is 14.7 Å². The van der Waals surface area contributed by atoms with Gasteiger partial charge in [0.1, 0.15) is 11.4 Å². The number of amides is 1. The van der Waals surface area contributed by atoms with E-state index in [0.29, 0.717) is 19.4 Å². The molecule has 7 heteroatoms. The molecule has 186 valence electrons. The minimum Gasteiger partial charge on any atom is -0.487 e. The fourth-order valence-electron chi connectivity index (χ4n) is 6.77. The SMILES string of the molecule is C[C@@]1(CCC(=O)O)Oc2ccccc2[C@@H]2OC[C@]3(CCCN3C(=O)CCN3CCCCC3)C[C@H]21. The number of ether oxygens (including phenoxy) is 2. The normalized spacial score (nSPS) is 33.3. The fraction of sp³-hybridized carbons (Fsp3) is 0.704. The Bertz CT molecular complexity index is 916. The first kappa shape index (κ1) is 23.6. The number of hydrogen-bond acceptors (Lipinski definition) is 5. The lowest BCUT2D eigenvalue weighted by atomic mass is 9.68. The predicted molar refractivity (Wildman–Crippen MR) is 128 cm³/mol. The second kappa shape index (κ2) is 9.50. The number of fused-ring (bicyclic) bond motifs is 3. The molecule has 4 heterocycles. The smallest absolute Gasteiger partial charge is 0.303 e. The van der Waals surface area contributed by atoms with Crippen LogP contribution >= 0.6 is 0 Å². The Morgan fingerprint density at radius 2 is 1.88 bits per heavy atom. The summed E-state index contributed by atoms with van der Waals surface area (Å²) in [6.45, 7) is 6.39. The number of hydrogen-bond donors (Lipinski definition) is 1. The minimum absolute atomic E-state index is 0.00834. The average Bonchev–Trinajstić information content (AvgIpc) is 3.25. The second-order valence-electron chi connectivity index (χ2n) is 10.9. The molecule has 34 heavy (non-hydrogen) atoms. The van der Waals surface area contributed by atoms with Crippen LogP contribution in [0.5, 0.6) is 5.75 Å². The lowest BCUT2D eigenvalue weighted by molar-refractivity contribution is -0.180. The summed E-state index contributed by atoms with van der Waals surface area (Å²) >= 11 is 0. The summed E-state index contributed by atoms with van der Waals surface area (Å²) in [5.74, 6) is 0.191. The van der Waals surface area contributed by atoms with E-state index < -0.39 is 11.6 Å². The van der Waals surface area contributed by atoms with E-state index in [2.05, 4.69) is 15.9 Å². The maximum absolute atomic E-state index is 13.4. The summed E-state index contributed by atoms with van der Waals surface area (Å²) in [5.41, 5.74) is 0.0621. The predicted octanol–water partition coefficient (Wildman–Crippen LogP) is 4.02. The number of rotatable bonds is 6. The van der Waals surface area contributed by atoms with Crippen LogP contribution in [0.4, 0.5) is 0 Å². The van der Waals surface area contributed by atoms with Crippen LogP contribution in [-0.2, 0) is 14.3 Å². The topological polar surface area (TPSA) is 79.3 Å². The summed E-state index contributed by atoms with van der Waals surface area (Å²) in [7, 11) is 0. The molecule has 1 aromatic carbocycles. The molecule has 1 N–H and O–H groups in total. The van der Waals surface area contributed by atoms with Gasteiger partial charge >= 0.3 is 5.97 Å². The standard InChI is InChI=1S/C27H38N2O5/c1-26(13-10-24(31)32)21-18-27(19-33-25(21)20-8-3-4-9-22(20)34-26)12-7-16-29(27)23(30)11-17-28-14-5-2-6-15-28/h3-4,8-9,21,25H,2,5-7,10-19H2,1H3,(H,31,32)/t21-,25+,26+,27+/m1/s1. The Kier molecular flexibility index (Phi) is 6.60. The van der Waals surface area contributed by atoms with Crippen molar-refractivity contribution in [2.45, 2.75) is 82.0 Å². The highest BCUT2D eigenvalue weighted by Gasteiger charge is 2.57. The number of carboxylic acid groups (broad SMARTS) is 1. The monoisotopic (exact) mass is 470 g/mol. The van der Waals surface area contributed by atoms with E-state index in [4.69, 9.17) is 9.47 Å². The van der Waals surface area contributed by atoms with Crippen LogP contribution in [0.3, 0.4) is 0 Å². The van der Waals surface area contributed by atoms with E-state index in [0.717, 1.165) is 56.8 Å². The molecule has 5 rings (SSSR count). The Hall–Kier alpha value is -2.12. The third-order valence-electron chi connectivity index (χ3n) is 8.67. The van der Waals surface area contributed by atoms with Crippen molar-refractivity contribution in [1.82, 2.24) is 9.80 Å². The molecule has 1 aromatic rings. The van der Waals surface area contributed by atoms with Gasteiger partial charge in [-0.05, 0) is 64.6 Å². The lowest BCUT2D eigenvalue weighted by Gasteiger charge is -2.54. The Labute approximate surface area is 202 Å². The fourth-order valence-corrected chi connectivity index (χ4v) is 6.77. The van der Waals surface area contributed by atoms with Crippen LogP contribution in [0, 0.1) is 5.92 Å². The number of likely N-dealkylation sites (tertiary alicyclic amines) is 2. The highest BCUT2D eigenvalue weighted by molar-refractivity contribution is 5.77. The third kappa shape index (κ3) is 4.44. The molecule has 0 aliphatic carbocycles. The number of carbonyl (C=O) groups excluding carboxylic acids is 1. The third-order valence-corrected chi connectivity index (χ3v) is 8.67. The number of carboxylic acids is 1. The number of benzene rings is 1. The molecule has 7 nitrogen and oxygen atoms in total. The zero-order valence-electron chi connectivity index (χ0n) is 20.3. The van der Waals surface area contributed by atoms with Crippen molar-refractivity contribution < 1.29 is 24.2 Å². The molecule has 4 aliphatic heterocycles. The minimum atomic E-state index is -0.818. The van der Waals surface area contributed by atoms with Crippen LogP contribution < -0.4 is 4.74 Å². The van der Waals surface area contributed by atoms with Crippen molar-refractivity contribution in [3.05, 3.63) is 29.8 Å². The zero-order valence-corrected chi connectivity index (χ0v) is 20.3. The molecule has 0 radical (unpaired) electrons. The van der Waals surface area contributed by atoms with E-state index in [1.807, 2.05) is 25.1 Å². The maximum Gasteiger partial charge on any atom is 0.303 e. The van der Waals surface area contributed by atoms with Crippen molar-refractivity contribution in [2.24, 2.45) is 5.92 Å². The molecule has 4 aliphatic rings. The highest BCUT2D eigenvalue weighted by atomic mass is 16.5. The molecule has 4 atom stereocenters. The van der Waals surface area contributed by atoms with Crippen LogP contribution in [-0.4, -0.2) is 70.7 Å². The Morgan fingerprint density at radius 3 is 2.68 bits per heavy atom. The first-order valence-corrected chi connectivity index (χ1v) is 13.0. The highest BCUT2D eigenvalue weighted by Crippen LogP contribution is 2.55. The van der Waals surface area contributed by atoms with Gasteiger partial charge in [-0.15, -0.1) is 0 Å². The quantitative estimate of drug-likeness (QED) is 0.677. The molecular weight excluding hydrogens is 432 g/mol. The average molecular weight is 471 g/mol. The number of aliphatic carboxylic acids is 1. The van der Waals surface area contributed by atoms with Crippen LogP contribution in [0.1, 0.15) is 76.4 Å². The van der Waals surface area contributed by atoms with Gasteiger partial charge in [0.2, 0.25) is 5.91 Å². The lowest BCUT2D eigenvalue weighted by Crippen LogP contribution is -2.60. The van der Waals surface area contributed by atoms with Gasteiger partial charge in [-0.2, -0.15) is 0 Å². The summed E-state index contributed by atoms with van der Waals surface area (Å²) in [5, 5.41) is 9.39. The first-order valence-electron chi connectivity index (χ1n) is 13.0. The van der Waals surface area contributed by atoms with E-state index in [-0.39, 0.29) is 29.9 Å². The molecule has 0 aromatic heterocycles. The van der Waals surface area contributed by atoms with E-state index in [1.54, 1.807) is 0 Å². The van der Waals surface area contributed by atoms with Crippen molar-refractivity contribution in [3.8, 4) is 5.75 Å². The zero-order chi connectivity index (χ0) is 23.8. The molecular formula is C27H38N2O5. The van der Waals surface area contributed by atoms with Crippen LogP contribution in [0.2, 0.25) is 0 Å². The van der Waals surface area contributed by atoms with Gasteiger partial charge in [-0.3, -0.25) is 9.59 Å². The van der Waals surface area contributed by atoms with E-state index in [1.165, 1.54) is 19.3 Å². The van der Waals surface area contributed by atoms with Crippen molar-refractivity contribution >= 4 is 11.9 Å². The summed E-state index contributed by atoms with van der Waals surface area (Å²) in [6.07, 6.45) is 7.36. The van der Waals surface area contributed by atoms with Gasteiger partial charge in [-0.1, -0.05) is 24.6 Å².